The molecule has 1 saturated carbocycles. The first-order valence-corrected chi connectivity index (χ1v) is 6.60. The minimum Gasteiger partial charge on any atom is -0.476 e. The predicted molar refractivity (Wildman–Crippen MR) is 71.4 cm³/mol. The number of carboxylic acids is 1. The van der Waals surface area contributed by atoms with E-state index in [1.165, 1.54) is 19.3 Å². The average Bonchev–Trinajstić information content (AvgIpc) is 2.68. The Kier molecular flexibility index (Phi) is 2.98. The predicted octanol–water partition coefficient (Wildman–Crippen LogP) is 1.98. The number of carbonyl (C=O) groups is 1. The molecule has 5 nitrogen and oxygen atoms in total. The van der Waals surface area contributed by atoms with Crippen LogP contribution in [0, 0.1) is 6.92 Å². The number of rotatable bonds is 4. The molecule has 0 unspecified atom stereocenters. The quantitative estimate of drug-likeness (QED) is 0.881. The SMILES string of the molecule is Cc1cccc2c(C(=O)O)nc(CNC3CCC3)n12. The number of pyridine rings is 1. The average molecular weight is 259 g/mol. The summed E-state index contributed by atoms with van der Waals surface area (Å²) in [7, 11) is 0. The van der Waals surface area contributed by atoms with E-state index in [0.29, 0.717) is 18.1 Å². The highest BCUT2D eigenvalue weighted by Crippen LogP contribution is 2.20. The number of nitrogens with one attached hydrogen (secondary N) is 1. The number of aryl methyl sites for hydroxylation is 1. The number of nitrogens with zero attached hydrogens (tertiary/aromatic N) is 2. The Morgan fingerprint density at radius 2 is 2.32 bits per heavy atom. The number of fused-ring (bicyclic) bond motifs is 1. The van der Waals surface area contributed by atoms with Crippen LogP contribution in [0.1, 0.15) is 41.3 Å². The van der Waals surface area contributed by atoms with Gasteiger partial charge in [-0.25, -0.2) is 9.78 Å². The fourth-order valence-corrected chi connectivity index (χ4v) is 2.51. The van der Waals surface area contributed by atoms with Gasteiger partial charge in [0.05, 0.1) is 12.1 Å². The second-order valence-electron chi connectivity index (χ2n) is 5.08. The van der Waals surface area contributed by atoms with Crippen molar-refractivity contribution in [2.75, 3.05) is 0 Å². The number of imidazole rings is 1. The lowest BCUT2D eigenvalue weighted by Crippen LogP contribution is -2.35. The van der Waals surface area contributed by atoms with Crippen LogP contribution in [-0.4, -0.2) is 26.5 Å². The van der Waals surface area contributed by atoms with Gasteiger partial charge in [-0.15, -0.1) is 0 Å². The molecule has 2 N–H and O–H groups in total. The van der Waals surface area contributed by atoms with Crippen molar-refractivity contribution in [3.63, 3.8) is 0 Å². The zero-order valence-electron chi connectivity index (χ0n) is 10.9. The standard InChI is InChI=1S/C14H17N3O2/c1-9-4-2-7-11-13(14(18)19)16-12(17(9)11)8-15-10-5-3-6-10/h2,4,7,10,15H,3,5-6,8H2,1H3,(H,18,19). The van der Waals surface area contributed by atoms with Gasteiger partial charge in [0.15, 0.2) is 5.69 Å². The Labute approximate surface area is 111 Å². The van der Waals surface area contributed by atoms with E-state index in [9.17, 15) is 9.90 Å². The fraction of sp³-hybridized carbons (Fsp3) is 0.429. The summed E-state index contributed by atoms with van der Waals surface area (Å²) in [6.45, 7) is 2.58. The molecule has 0 aliphatic heterocycles. The van der Waals surface area contributed by atoms with Crippen LogP contribution in [0.25, 0.3) is 5.52 Å². The minimum absolute atomic E-state index is 0.133. The topological polar surface area (TPSA) is 66.6 Å². The van der Waals surface area contributed by atoms with Gasteiger partial charge in [0.25, 0.3) is 0 Å². The third kappa shape index (κ3) is 2.10. The largest absolute Gasteiger partial charge is 0.476 e. The van der Waals surface area contributed by atoms with Gasteiger partial charge in [-0.2, -0.15) is 0 Å². The first-order valence-electron chi connectivity index (χ1n) is 6.60. The van der Waals surface area contributed by atoms with Gasteiger partial charge in [-0.3, -0.25) is 4.40 Å². The minimum atomic E-state index is -0.974. The van der Waals surface area contributed by atoms with Crippen LogP contribution in [0.15, 0.2) is 18.2 Å². The van der Waals surface area contributed by atoms with Crippen molar-refractivity contribution in [3.8, 4) is 0 Å². The number of hydrogen-bond acceptors (Lipinski definition) is 3. The maximum Gasteiger partial charge on any atom is 0.356 e. The summed E-state index contributed by atoms with van der Waals surface area (Å²) >= 11 is 0. The Bertz CT molecular complexity index is 629. The molecule has 2 aromatic rings. The summed E-state index contributed by atoms with van der Waals surface area (Å²) in [6, 6.07) is 6.19. The van der Waals surface area contributed by atoms with Crippen molar-refractivity contribution in [2.24, 2.45) is 0 Å². The molecular weight excluding hydrogens is 242 g/mol. The Morgan fingerprint density at radius 3 is 2.95 bits per heavy atom. The molecule has 1 aliphatic rings. The van der Waals surface area contributed by atoms with E-state index in [4.69, 9.17) is 0 Å². The van der Waals surface area contributed by atoms with Gasteiger partial charge in [-0.1, -0.05) is 12.5 Å². The fourth-order valence-electron chi connectivity index (χ4n) is 2.51. The Morgan fingerprint density at radius 1 is 1.53 bits per heavy atom. The second kappa shape index (κ2) is 4.66. The van der Waals surface area contributed by atoms with E-state index in [-0.39, 0.29) is 5.69 Å². The summed E-state index contributed by atoms with van der Waals surface area (Å²) in [5, 5.41) is 12.7. The third-order valence-corrected chi connectivity index (χ3v) is 3.78. The summed E-state index contributed by atoms with van der Waals surface area (Å²) in [5.74, 6) is -0.199. The highest BCUT2D eigenvalue weighted by molar-refractivity contribution is 5.93. The molecule has 2 aromatic heterocycles. The Hall–Kier alpha value is -1.88. The molecular formula is C14H17N3O2. The molecule has 0 amide bonds. The summed E-state index contributed by atoms with van der Waals surface area (Å²) in [6.07, 6.45) is 3.68. The molecule has 0 radical (unpaired) electrons. The summed E-state index contributed by atoms with van der Waals surface area (Å²) < 4.78 is 1.93. The van der Waals surface area contributed by atoms with E-state index in [0.717, 1.165) is 11.5 Å². The van der Waals surface area contributed by atoms with Gasteiger partial charge < -0.3 is 10.4 Å². The molecule has 3 rings (SSSR count). The maximum atomic E-state index is 11.2. The molecule has 0 aromatic carbocycles. The number of hydrogen-bond donors (Lipinski definition) is 2. The van der Waals surface area contributed by atoms with Crippen LogP contribution >= 0.6 is 0 Å². The van der Waals surface area contributed by atoms with Gasteiger partial charge in [0.1, 0.15) is 5.82 Å². The maximum absolute atomic E-state index is 11.2. The van der Waals surface area contributed by atoms with E-state index in [1.54, 1.807) is 6.07 Å². The molecule has 1 fully saturated rings. The van der Waals surface area contributed by atoms with Crippen molar-refractivity contribution in [1.82, 2.24) is 14.7 Å². The van der Waals surface area contributed by atoms with Gasteiger partial charge in [0, 0.05) is 11.7 Å². The normalized spacial score (nSPS) is 15.6. The van der Waals surface area contributed by atoms with Crippen LogP contribution in [0.3, 0.4) is 0 Å². The molecule has 5 heteroatoms. The lowest BCUT2D eigenvalue weighted by molar-refractivity contribution is 0.0693. The van der Waals surface area contributed by atoms with Crippen molar-refractivity contribution >= 4 is 11.5 Å². The summed E-state index contributed by atoms with van der Waals surface area (Å²) in [4.78, 5) is 15.5. The monoisotopic (exact) mass is 259 g/mol. The number of carboxylic acid groups (broad SMARTS) is 1. The zero-order valence-corrected chi connectivity index (χ0v) is 10.9. The van der Waals surface area contributed by atoms with Crippen molar-refractivity contribution in [2.45, 2.75) is 38.8 Å². The molecule has 0 atom stereocenters. The van der Waals surface area contributed by atoms with Gasteiger partial charge in [-0.05, 0) is 31.9 Å². The van der Waals surface area contributed by atoms with Crippen LogP contribution < -0.4 is 5.32 Å². The first-order chi connectivity index (χ1) is 9.16. The molecule has 0 spiro atoms. The van der Waals surface area contributed by atoms with Crippen molar-refractivity contribution in [3.05, 3.63) is 35.4 Å². The summed E-state index contributed by atoms with van der Waals surface area (Å²) in [5.41, 5.74) is 1.80. The molecule has 19 heavy (non-hydrogen) atoms. The van der Waals surface area contributed by atoms with Crippen molar-refractivity contribution in [1.29, 1.82) is 0 Å². The Balaban J connectivity index is 1.99. The zero-order chi connectivity index (χ0) is 13.4. The second-order valence-corrected chi connectivity index (χ2v) is 5.08. The van der Waals surface area contributed by atoms with Crippen LogP contribution in [0.5, 0.6) is 0 Å². The highest BCUT2D eigenvalue weighted by Gasteiger charge is 2.20. The third-order valence-electron chi connectivity index (χ3n) is 3.78. The molecule has 1 aliphatic carbocycles. The van der Waals surface area contributed by atoms with E-state index in [1.807, 2.05) is 23.5 Å². The smallest absolute Gasteiger partial charge is 0.356 e. The van der Waals surface area contributed by atoms with Gasteiger partial charge >= 0.3 is 5.97 Å². The molecule has 0 bridgehead atoms. The number of aromatic carboxylic acids is 1. The molecule has 100 valence electrons. The van der Waals surface area contributed by atoms with E-state index in [2.05, 4.69) is 10.3 Å². The lowest BCUT2D eigenvalue weighted by atomic mass is 9.93. The van der Waals surface area contributed by atoms with Gasteiger partial charge in [0.2, 0.25) is 0 Å². The van der Waals surface area contributed by atoms with Crippen LogP contribution in [0.2, 0.25) is 0 Å². The van der Waals surface area contributed by atoms with Crippen LogP contribution in [-0.2, 0) is 6.54 Å². The van der Waals surface area contributed by atoms with Crippen LogP contribution in [0.4, 0.5) is 0 Å². The number of aromatic nitrogens is 2. The molecule has 2 heterocycles. The van der Waals surface area contributed by atoms with Crippen molar-refractivity contribution < 1.29 is 9.90 Å². The first kappa shape index (κ1) is 12.2. The molecule has 0 saturated heterocycles. The lowest BCUT2D eigenvalue weighted by Gasteiger charge is -2.26. The van der Waals surface area contributed by atoms with E-state index >= 15 is 0 Å². The van der Waals surface area contributed by atoms with E-state index < -0.39 is 5.97 Å². The highest BCUT2D eigenvalue weighted by atomic mass is 16.4.